The van der Waals surface area contributed by atoms with Crippen molar-refractivity contribution in [3.05, 3.63) is 11.1 Å². The molecule has 0 radical (unpaired) electrons. The van der Waals surface area contributed by atoms with Crippen molar-refractivity contribution >= 4 is 34.1 Å². The third-order valence-corrected chi connectivity index (χ3v) is 4.83. The van der Waals surface area contributed by atoms with E-state index in [1.54, 1.807) is 5.38 Å². The summed E-state index contributed by atoms with van der Waals surface area (Å²) in [5.41, 5.74) is -0.174. The molecule has 1 aliphatic heterocycles. The first-order valence-electron chi connectivity index (χ1n) is 6.37. The monoisotopic (exact) mass is 278 g/mol. The summed E-state index contributed by atoms with van der Waals surface area (Å²) in [6.07, 6.45) is 3.88. The van der Waals surface area contributed by atoms with Crippen molar-refractivity contribution < 1.29 is 14.4 Å². The molecule has 0 atom stereocenters. The van der Waals surface area contributed by atoms with Crippen molar-refractivity contribution in [1.82, 2.24) is 4.98 Å². The van der Waals surface area contributed by atoms with E-state index in [9.17, 15) is 14.4 Å². The Morgan fingerprint density at radius 1 is 1.37 bits per heavy atom. The maximum atomic E-state index is 12.5. The van der Waals surface area contributed by atoms with E-state index in [4.69, 9.17) is 0 Å². The van der Waals surface area contributed by atoms with Crippen molar-refractivity contribution in [2.45, 2.75) is 39.0 Å². The highest BCUT2D eigenvalue weighted by Gasteiger charge is 2.53. The molecule has 1 spiro atoms. The van der Waals surface area contributed by atoms with Crippen LogP contribution in [0.1, 0.15) is 49.5 Å². The summed E-state index contributed by atoms with van der Waals surface area (Å²) in [6, 6.07) is 0. The largest absolute Gasteiger partial charge is 0.293 e. The zero-order valence-electron chi connectivity index (χ0n) is 10.6. The van der Waals surface area contributed by atoms with E-state index in [0.717, 1.165) is 25.7 Å². The molecule has 2 amide bonds. The number of ketones is 1. The second-order valence-electron chi connectivity index (χ2n) is 5.27. The molecule has 0 unspecified atom stereocenters. The summed E-state index contributed by atoms with van der Waals surface area (Å²) in [4.78, 5) is 41.1. The van der Waals surface area contributed by atoms with Gasteiger partial charge in [0.2, 0.25) is 11.8 Å². The van der Waals surface area contributed by atoms with Crippen LogP contribution in [-0.2, 0) is 9.59 Å². The van der Waals surface area contributed by atoms with Crippen LogP contribution < -0.4 is 4.90 Å². The average Bonchev–Trinajstić information content (AvgIpc) is 3.02. The number of anilines is 1. The van der Waals surface area contributed by atoms with Gasteiger partial charge in [0, 0.05) is 18.7 Å². The summed E-state index contributed by atoms with van der Waals surface area (Å²) in [5.74, 6) is -0.465. The summed E-state index contributed by atoms with van der Waals surface area (Å²) in [7, 11) is 0. The Morgan fingerprint density at radius 2 is 2.05 bits per heavy atom. The van der Waals surface area contributed by atoms with E-state index in [1.807, 2.05) is 0 Å². The number of nitrogens with zero attached hydrogens (tertiary/aromatic N) is 2. The minimum absolute atomic E-state index is 0.126. The molecule has 2 aliphatic rings. The highest BCUT2D eigenvalue weighted by atomic mass is 32.1. The number of hydrogen-bond donors (Lipinski definition) is 0. The van der Waals surface area contributed by atoms with E-state index in [2.05, 4.69) is 4.98 Å². The highest BCUT2D eigenvalue weighted by molar-refractivity contribution is 7.14. The van der Waals surface area contributed by atoms with Crippen molar-refractivity contribution in [3.8, 4) is 0 Å². The molecule has 5 nitrogen and oxygen atoms in total. The minimum atomic E-state index is -0.487. The molecule has 1 aromatic heterocycles. The van der Waals surface area contributed by atoms with Gasteiger partial charge in [-0.2, -0.15) is 0 Å². The quantitative estimate of drug-likeness (QED) is 0.614. The molecule has 1 saturated carbocycles. The van der Waals surface area contributed by atoms with Gasteiger partial charge in [-0.25, -0.2) is 9.88 Å². The van der Waals surface area contributed by atoms with Gasteiger partial charge in [0.15, 0.2) is 10.9 Å². The van der Waals surface area contributed by atoms with Gasteiger partial charge in [-0.1, -0.05) is 12.8 Å². The number of Topliss-reactive ketones (excluding diaryl/α,β-unsaturated/α-hetero) is 1. The third kappa shape index (κ3) is 1.82. The van der Waals surface area contributed by atoms with Gasteiger partial charge in [-0.15, -0.1) is 11.3 Å². The molecule has 1 aliphatic carbocycles. The van der Waals surface area contributed by atoms with Crippen molar-refractivity contribution in [3.63, 3.8) is 0 Å². The second kappa shape index (κ2) is 4.23. The molecule has 1 saturated heterocycles. The number of carbonyl (C=O) groups is 3. The Kier molecular flexibility index (Phi) is 2.78. The van der Waals surface area contributed by atoms with Gasteiger partial charge in [0.05, 0.1) is 5.41 Å². The molecular formula is C13H14N2O3S. The van der Waals surface area contributed by atoms with Crippen molar-refractivity contribution in [2.75, 3.05) is 4.90 Å². The fraction of sp³-hybridized carbons (Fsp3) is 0.538. The fourth-order valence-electron chi connectivity index (χ4n) is 2.96. The summed E-state index contributed by atoms with van der Waals surface area (Å²) < 4.78 is 0. The van der Waals surface area contributed by atoms with E-state index < -0.39 is 5.41 Å². The Labute approximate surface area is 114 Å². The lowest BCUT2D eigenvalue weighted by atomic mass is 9.85. The normalized spacial score (nSPS) is 21.6. The molecule has 2 heterocycles. The molecule has 19 heavy (non-hydrogen) atoms. The molecule has 100 valence electrons. The summed E-state index contributed by atoms with van der Waals surface area (Å²) in [5, 5.41) is 1.93. The van der Waals surface area contributed by atoms with E-state index >= 15 is 0 Å². The fourth-order valence-corrected chi connectivity index (χ4v) is 3.84. The molecule has 0 bridgehead atoms. The summed E-state index contributed by atoms with van der Waals surface area (Å²) in [6.45, 7) is 1.42. The van der Waals surface area contributed by atoms with Gasteiger partial charge in [-0.3, -0.25) is 14.4 Å². The van der Waals surface area contributed by atoms with Gasteiger partial charge in [-0.05, 0) is 12.8 Å². The third-order valence-electron chi connectivity index (χ3n) is 4.00. The lowest BCUT2D eigenvalue weighted by Crippen LogP contribution is -2.34. The number of aromatic nitrogens is 1. The number of carbonyl (C=O) groups excluding carboxylic acids is 3. The van der Waals surface area contributed by atoms with E-state index in [-0.39, 0.29) is 17.6 Å². The van der Waals surface area contributed by atoms with Crippen LogP contribution in [0.2, 0.25) is 0 Å². The summed E-state index contributed by atoms with van der Waals surface area (Å²) >= 11 is 1.18. The van der Waals surface area contributed by atoms with Crippen LogP contribution in [0.25, 0.3) is 0 Å². The minimum Gasteiger partial charge on any atom is -0.293 e. The van der Waals surface area contributed by atoms with Crippen molar-refractivity contribution in [2.24, 2.45) is 5.41 Å². The zero-order chi connectivity index (χ0) is 13.6. The number of amides is 2. The first-order chi connectivity index (χ1) is 9.03. The molecule has 0 N–H and O–H groups in total. The first-order valence-corrected chi connectivity index (χ1v) is 7.25. The Morgan fingerprint density at radius 3 is 2.63 bits per heavy atom. The highest BCUT2D eigenvalue weighted by Crippen LogP contribution is 2.48. The lowest BCUT2D eigenvalue weighted by molar-refractivity contribution is -0.125. The molecule has 1 aromatic rings. The van der Waals surface area contributed by atoms with E-state index in [0.29, 0.717) is 17.2 Å². The Balaban J connectivity index is 1.94. The van der Waals surface area contributed by atoms with Crippen LogP contribution in [0.5, 0.6) is 0 Å². The molecular weight excluding hydrogens is 264 g/mol. The van der Waals surface area contributed by atoms with Crippen LogP contribution in [0.3, 0.4) is 0 Å². The van der Waals surface area contributed by atoms with Crippen LogP contribution in [0, 0.1) is 5.41 Å². The second-order valence-corrected chi connectivity index (χ2v) is 6.11. The molecule has 0 aromatic carbocycles. The average molecular weight is 278 g/mol. The SMILES string of the molecule is CC(=O)c1csc(N2C(=O)CC3(CCCC3)C2=O)n1. The molecule has 6 heteroatoms. The first kappa shape index (κ1) is 12.5. The maximum Gasteiger partial charge on any atom is 0.242 e. The maximum absolute atomic E-state index is 12.5. The van der Waals surface area contributed by atoms with Crippen molar-refractivity contribution in [1.29, 1.82) is 0 Å². The number of thiazole rings is 1. The van der Waals surface area contributed by atoms with Gasteiger partial charge < -0.3 is 0 Å². The van der Waals surface area contributed by atoms with Crippen LogP contribution in [0.15, 0.2) is 5.38 Å². The van der Waals surface area contributed by atoms with Crippen LogP contribution in [0.4, 0.5) is 5.13 Å². The number of hydrogen-bond acceptors (Lipinski definition) is 5. The zero-order valence-corrected chi connectivity index (χ0v) is 11.5. The van der Waals surface area contributed by atoms with Gasteiger partial charge in [0.1, 0.15) is 5.69 Å². The molecule has 2 fully saturated rings. The topological polar surface area (TPSA) is 67.3 Å². The Bertz CT molecular complexity index is 572. The standard InChI is InChI=1S/C13H14N2O3S/c1-8(16)9-7-19-12(14-9)15-10(17)6-13(11(15)18)4-2-3-5-13/h7H,2-6H2,1H3. The van der Waals surface area contributed by atoms with Crippen LogP contribution >= 0.6 is 11.3 Å². The predicted octanol–water partition coefficient (Wildman–Crippen LogP) is 2.17. The van der Waals surface area contributed by atoms with E-state index in [1.165, 1.54) is 23.2 Å². The van der Waals surface area contributed by atoms with Gasteiger partial charge in [0.25, 0.3) is 0 Å². The number of rotatable bonds is 2. The lowest BCUT2D eigenvalue weighted by Gasteiger charge is -2.19. The smallest absolute Gasteiger partial charge is 0.242 e. The van der Waals surface area contributed by atoms with Crippen LogP contribution in [-0.4, -0.2) is 22.6 Å². The number of imide groups is 1. The predicted molar refractivity (Wildman–Crippen MR) is 70.1 cm³/mol. The Hall–Kier alpha value is -1.56. The molecule has 3 rings (SSSR count). The van der Waals surface area contributed by atoms with Gasteiger partial charge >= 0.3 is 0 Å².